The molecule has 0 bridgehead atoms. The van der Waals surface area contributed by atoms with E-state index in [1.807, 2.05) is 0 Å². The number of carbonyl (C=O) groups is 1. The van der Waals surface area contributed by atoms with Crippen molar-refractivity contribution >= 4 is 5.78 Å². The summed E-state index contributed by atoms with van der Waals surface area (Å²) in [6.45, 7) is 2.18. The largest absolute Gasteiger partial charge is 0.300 e. The van der Waals surface area contributed by atoms with Gasteiger partial charge < -0.3 is 0 Å². The molecule has 2 rings (SSSR count). The van der Waals surface area contributed by atoms with Gasteiger partial charge in [0.15, 0.2) is 0 Å². The third kappa shape index (κ3) is 2.94. The molecule has 0 heterocycles. The first-order valence-corrected chi connectivity index (χ1v) is 6.37. The zero-order chi connectivity index (χ0) is 11.4. The van der Waals surface area contributed by atoms with E-state index in [0.29, 0.717) is 11.7 Å². The number of Topliss-reactive ketones (excluding diaryl/α,β-unsaturated/α-hetero) is 1. The highest BCUT2D eigenvalue weighted by molar-refractivity contribution is 5.79. The van der Waals surface area contributed by atoms with E-state index < -0.39 is 0 Å². The topological polar surface area (TPSA) is 17.1 Å². The minimum absolute atomic E-state index is 0.460. The molecule has 86 valence electrons. The lowest BCUT2D eigenvalue weighted by Gasteiger charge is -2.20. The van der Waals surface area contributed by atoms with Gasteiger partial charge in [-0.1, -0.05) is 31.2 Å². The average molecular weight is 216 g/mol. The second-order valence-corrected chi connectivity index (χ2v) is 4.88. The van der Waals surface area contributed by atoms with E-state index in [1.165, 1.54) is 17.5 Å². The van der Waals surface area contributed by atoms with Crippen molar-refractivity contribution in [3.8, 4) is 0 Å². The van der Waals surface area contributed by atoms with Crippen molar-refractivity contribution in [3.63, 3.8) is 0 Å². The van der Waals surface area contributed by atoms with Crippen LogP contribution in [0.25, 0.3) is 0 Å². The summed E-state index contributed by atoms with van der Waals surface area (Å²) in [7, 11) is 0. The molecule has 1 heteroatoms. The highest BCUT2D eigenvalue weighted by atomic mass is 16.1. The Balaban J connectivity index is 1.94. The Morgan fingerprint density at radius 1 is 1.19 bits per heavy atom. The fourth-order valence-corrected chi connectivity index (χ4v) is 2.53. The number of benzene rings is 1. The van der Waals surface area contributed by atoms with E-state index in [0.717, 1.165) is 32.1 Å². The van der Waals surface area contributed by atoms with Gasteiger partial charge in [0.2, 0.25) is 0 Å². The molecule has 0 spiro atoms. The predicted octanol–water partition coefficient (Wildman–Crippen LogP) is 3.55. The molecule has 0 radical (unpaired) electrons. The monoisotopic (exact) mass is 216 g/mol. The maximum Gasteiger partial charge on any atom is 0.133 e. The molecule has 0 aromatic heterocycles. The molecule has 0 amide bonds. The van der Waals surface area contributed by atoms with Gasteiger partial charge >= 0.3 is 0 Å². The smallest absolute Gasteiger partial charge is 0.133 e. The van der Waals surface area contributed by atoms with Gasteiger partial charge in [-0.3, -0.25) is 4.79 Å². The number of hydrogen-bond acceptors (Lipinski definition) is 1. The maximum atomic E-state index is 11.4. The van der Waals surface area contributed by atoms with Crippen molar-refractivity contribution in [1.29, 1.82) is 0 Å². The summed E-state index contributed by atoms with van der Waals surface area (Å²) in [5, 5.41) is 0. The van der Waals surface area contributed by atoms with E-state index in [2.05, 4.69) is 31.2 Å². The summed E-state index contributed by atoms with van der Waals surface area (Å²) >= 11 is 0. The van der Waals surface area contributed by atoms with Gasteiger partial charge in [-0.05, 0) is 42.7 Å². The van der Waals surface area contributed by atoms with Crippen molar-refractivity contribution in [2.24, 2.45) is 5.92 Å². The first-order valence-electron chi connectivity index (χ1n) is 6.37. The Bertz CT molecular complexity index is 350. The zero-order valence-electron chi connectivity index (χ0n) is 10.0. The first kappa shape index (κ1) is 11.4. The summed E-state index contributed by atoms with van der Waals surface area (Å²) in [6.07, 6.45) is 6.11. The molecule has 0 aliphatic heterocycles. The molecule has 16 heavy (non-hydrogen) atoms. The third-order valence-electron chi connectivity index (χ3n) is 3.54. The van der Waals surface area contributed by atoms with E-state index in [9.17, 15) is 4.79 Å². The van der Waals surface area contributed by atoms with Crippen LogP contribution in [0.1, 0.15) is 43.7 Å². The Kier molecular flexibility index (Phi) is 3.76. The number of rotatable bonds is 3. The SMILES string of the molecule is CCc1ccc(CC2CCCC(=O)C2)cc1. The number of aryl methyl sites for hydroxylation is 1. The van der Waals surface area contributed by atoms with Crippen LogP contribution >= 0.6 is 0 Å². The second-order valence-electron chi connectivity index (χ2n) is 4.88. The molecular weight excluding hydrogens is 196 g/mol. The van der Waals surface area contributed by atoms with Gasteiger partial charge in [0.25, 0.3) is 0 Å². The molecular formula is C15H20O. The van der Waals surface area contributed by atoms with Crippen molar-refractivity contribution in [1.82, 2.24) is 0 Å². The lowest BCUT2D eigenvalue weighted by atomic mass is 9.84. The molecule has 0 saturated heterocycles. The average Bonchev–Trinajstić information content (AvgIpc) is 2.30. The van der Waals surface area contributed by atoms with Gasteiger partial charge in [-0.25, -0.2) is 0 Å². The Hall–Kier alpha value is -1.11. The van der Waals surface area contributed by atoms with E-state index in [-0.39, 0.29) is 0 Å². The Morgan fingerprint density at radius 2 is 1.88 bits per heavy atom. The van der Waals surface area contributed by atoms with Crippen LogP contribution in [0.5, 0.6) is 0 Å². The lowest BCUT2D eigenvalue weighted by Crippen LogP contribution is -2.16. The molecule has 0 N–H and O–H groups in total. The van der Waals surface area contributed by atoms with Crippen molar-refractivity contribution in [2.45, 2.75) is 45.4 Å². The zero-order valence-corrected chi connectivity index (χ0v) is 10.0. The van der Waals surface area contributed by atoms with Crippen LogP contribution in [-0.4, -0.2) is 5.78 Å². The van der Waals surface area contributed by atoms with E-state index in [1.54, 1.807) is 0 Å². The van der Waals surface area contributed by atoms with E-state index in [4.69, 9.17) is 0 Å². The van der Waals surface area contributed by atoms with Crippen LogP contribution < -0.4 is 0 Å². The predicted molar refractivity (Wildman–Crippen MR) is 66.5 cm³/mol. The first-order chi connectivity index (χ1) is 7.78. The summed E-state index contributed by atoms with van der Waals surface area (Å²) in [5.74, 6) is 1.05. The fraction of sp³-hybridized carbons (Fsp3) is 0.533. The summed E-state index contributed by atoms with van der Waals surface area (Å²) in [6, 6.07) is 8.86. The van der Waals surface area contributed by atoms with Gasteiger partial charge in [0.05, 0.1) is 0 Å². The summed E-state index contributed by atoms with van der Waals surface area (Å²) in [5.41, 5.74) is 2.78. The molecule has 1 aliphatic carbocycles. The van der Waals surface area contributed by atoms with Crippen LogP contribution in [0, 0.1) is 5.92 Å². The molecule has 1 fully saturated rings. The van der Waals surface area contributed by atoms with Crippen molar-refractivity contribution in [2.75, 3.05) is 0 Å². The quantitative estimate of drug-likeness (QED) is 0.755. The fourth-order valence-electron chi connectivity index (χ4n) is 2.53. The molecule has 1 saturated carbocycles. The highest BCUT2D eigenvalue weighted by Gasteiger charge is 2.19. The van der Waals surface area contributed by atoms with Crippen molar-refractivity contribution in [3.05, 3.63) is 35.4 Å². The standard InChI is InChI=1S/C15H20O/c1-2-12-6-8-13(9-7-12)10-14-4-3-5-15(16)11-14/h6-9,14H,2-5,10-11H2,1H3. The van der Waals surface area contributed by atoms with Gasteiger partial charge in [0, 0.05) is 12.8 Å². The molecule has 1 aliphatic rings. The molecule has 1 aromatic carbocycles. The van der Waals surface area contributed by atoms with Crippen LogP contribution in [0.4, 0.5) is 0 Å². The molecule has 1 atom stereocenters. The molecule has 1 aromatic rings. The van der Waals surface area contributed by atoms with Gasteiger partial charge in [-0.2, -0.15) is 0 Å². The van der Waals surface area contributed by atoms with Gasteiger partial charge in [0.1, 0.15) is 5.78 Å². The Morgan fingerprint density at radius 3 is 2.50 bits per heavy atom. The second kappa shape index (κ2) is 5.29. The van der Waals surface area contributed by atoms with E-state index >= 15 is 0 Å². The molecule has 1 unspecified atom stereocenters. The maximum absolute atomic E-state index is 11.4. The van der Waals surface area contributed by atoms with Gasteiger partial charge in [-0.15, -0.1) is 0 Å². The van der Waals surface area contributed by atoms with Crippen LogP contribution in [0.3, 0.4) is 0 Å². The highest BCUT2D eigenvalue weighted by Crippen LogP contribution is 2.24. The van der Waals surface area contributed by atoms with Crippen LogP contribution in [-0.2, 0) is 17.6 Å². The minimum Gasteiger partial charge on any atom is -0.300 e. The number of hydrogen-bond donors (Lipinski definition) is 0. The molecule has 1 nitrogen and oxygen atoms in total. The van der Waals surface area contributed by atoms with Crippen molar-refractivity contribution < 1.29 is 4.79 Å². The number of ketones is 1. The summed E-state index contributed by atoms with van der Waals surface area (Å²) in [4.78, 5) is 11.4. The lowest BCUT2D eigenvalue weighted by molar-refractivity contribution is -0.121. The van der Waals surface area contributed by atoms with Crippen LogP contribution in [0.15, 0.2) is 24.3 Å². The minimum atomic E-state index is 0.460. The normalized spacial score (nSPS) is 21.1. The number of carbonyl (C=O) groups excluding carboxylic acids is 1. The van der Waals surface area contributed by atoms with Crippen LogP contribution in [0.2, 0.25) is 0 Å². The summed E-state index contributed by atoms with van der Waals surface area (Å²) < 4.78 is 0. The Labute approximate surface area is 97.9 Å². The third-order valence-corrected chi connectivity index (χ3v) is 3.54.